The summed E-state index contributed by atoms with van der Waals surface area (Å²) in [5.41, 5.74) is 0.835. The number of ketones is 1. The maximum Gasteiger partial charge on any atom is 0.328 e. The van der Waals surface area contributed by atoms with Gasteiger partial charge in [0.2, 0.25) is 0 Å². The molecule has 3 fully saturated rings. The number of hydrogen-bond acceptors (Lipinski definition) is 8. The Morgan fingerprint density at radius 2 is 1.31 bits per heavy atom. The van der Waals surface area contributed by atoms with Crippen LogP contribution in [0.3, 0.4) is 0 Å². The van der Waals surface area contributed by atoms with Gasteiger partial charge in [-0.2, -0.15) is 0 Å². The third-order valence-corrected chi connectivity index (χ3v) is 6.88. The zero-order valence-electron chi connectivity index (χ0n) is 23.6. The van der Waals surface area contributed by atoms with Crippen molar-refractivity contribution in [1.29, 1.82) is 0 Å². The van der Waals surface area contributed by atoms with Gasteiger partial charge < -0.3 is 30.1 Å². The second-order valence-electron chi connectivity index (χ2n) is 10.2. The predicted molar refractivity (Wildman–Crippen MR) is 153 cm³/mol. The summed E-state index contributed by atoms with van der Waals surface area (Å²) in [6.45, 7) is 7.03. The van der Waals surface area contributed by atoms with Gasteiger partial charge in [-0.3, -0.25) is 9.69 Å². The van der Waals surface area contributed by atoms with Crippen LogP contribution in [0.4, 0.5) is 0 Å². The number of carboxylic acids is 4. The second kappa shape index (κ2) is 18.4. The van der Waals surface area contributed by atoms with Crippen LogP contribution < -0.4 is 4.74 Å². The molecule has 1 atom stereocenters. The van der Waals surface area contributed by atoms with E-state index in [9.17, 15) is 24.0 Å². The van der Waals surface area contributed by atoms with Gasteiger partial charge in [-0.15, -0.1) is 0 Å². The van der Waals surface area contributed by atoms with Crippen molar-refractivity contribution in [3.63, 3.8) is 0 Å². The summed E-state index contributed by atoms with van der Waals surface area (Å²) in [6.07, 6.45) is 10.8. The standard InChI is InChI=1S/C22H32N2O2.2C4H4O4/c25-22(18-6-7-18)19-8-10-21(11-9-19)26-16-4-3-12-23-14-15-24-13-2-1-5-20(24)17-23;2*5-3(6)1-2-4(7)8/h8-11,18,20H,1-7,12-17H2;2*1-2H,(H,5,6)(H,7,8). The van der Waals surface area contributed by atoms with E-state index < -0.39 is 23.9 Å². The van der Waals surface area contributed by atoms with E-state index in [1.807, 2.05) is 24.3 Å². The minimum absolute atomic E-state index is 0.289. The number of aliphatic carboxylic acids is 4. The Labute approximate surface area is 244 Å². The molecule has 3 aliphatic rings. The van der Waals surface area contributed by atoms with Gasteiger partial charge in [-0.05, 0) is 75.9 Å². The molecule has 12 nitrogen and oxygen atoms in total. The zero-order chi connectivity index (χ0) is 30.9. The van der Waals surface area contributed by atoms with Crippen molar-refractivity contribution >= 4 is 29.7 Å². The fraction of sp³-hybridized carbons (Fsp3) is 0.500. The van der Waals surface area contributed by atoms with Gasteiger partial charge in [0.05, 0.1) is 6.61 Å². The van der Waals surface area contributed by atoms with Crippen LogP contribution in [0.25, 0.3) is 0 Å². The molecule has 1 saturated carbocycles. The molecule has 1 aromatic rings. The lowest BCUT2D eigenvalue weighted by Crippen LogP contribution is -2.54. The number of piperazine rings is 1. The van der Waals surface area contributed by atoms with Crippen LogP contribution in [-0.4, -0.2) is 105 Å². The number of hydrogen-bond donors (Lipinski definition) is 4. The first-order valence-electron chi connectivity index (χ1n) is 14.1. The predicted octanol–water partition coefficient (Wildman–Crippen LogP) is 3.03. The van der Waals surface area contributed by atoms with Crippen LogP contribution in [0.1, 0.15) is 55.3 Å². The number of unbranched alkanes of at least 4 members (excludes halogenated alkanes) is 1. The van der Waals surface area contributed by atoms with Gasteiger partial charge in [0.1, 0.15) is 5.75 Å². The fourth-order valence-electron chi connectivity index (χ4n) is 4.63. The highest BCUT2D eigenvalue weighted by atomic mass is 16.5. The average Bonchev–Trinajstić information content (AvgIpc) is 3.81. The van der Waals surface area contributed by atoms with Gasteiger partial charge in [0.25, 0.3) is 0 Å². The third kappa shape index (κ3) is 14.6. The molecule has 230 valence electrons. The summed E-state index contributed by atoms with van der Waals surface area (Å²) < 4.78 is 5.85. The molecule has 0 aromatic heterocycles. The number of carbonyl (C=O) groups excluding carboxylic acids is 1. The monoisotopic (exact) mass is 588 g/mol. The quantitative estimate of drug-likeness (QED) is 0.159. The van der Waals surface area contributed by atoms with E-state index in [1.165, 1.54) is 58.4 Å². The SMILES string of the molecule is O=C(O)C=CC(=O)O.O=C(O)C=CC(=O)O.O=C(c1ccc(OCCCCN2CCN3CCCCC3C2)cc1)C1CC1. The molecular weight excluding hydrogens is 548 g/mol. The summed E-state index contributed by atoms with van der Waals surface area (Å²) in [5, 5.41) is 31.2. The van der Waals surface area contributed by atoms with Crippen molar-refractivity contribution in [3.05, 3.63) is 54.1 Å². The molecule has 0 radical (unpaired) electrons. The lowest BCUT2D eigenvalue weighted by Gasteiger charge is -2.44. The maximum absolute atomic E-state index is 12.0. The first kappa shape index (κ1) is 34.2. The van der Waals surface area contributed by atoms with E-state index in [0.717, 1.165) is 43.2 Å². The van der Waals surface area contributed by atoms with Crippen LogP contribution in [0.5, 0.6) is 5.75 Å². The Morgan fingerprint density at radius 3 is 1.83 bits per heavy atom. The normalized spacial score (nSPS) is 18.6. The topological polar surface area (TPSA) is 182 Å². The van der Waals surface area contributed by atoms with E-state index in [4.69, 9.17) is 25.2 Å². The molecule has 0 spiro atoms. The molecule has 2 saturated heterocycles. The Balaban J connectivity index is 0.000000319. The van der Waals surface area contributed by atoms with Gasteiger partial charge in [-0.25, -0.2) is 19.2 Å². The summed E-state index contributed by atoms with van der Waals surface area (Å²) in [5.74, 6) is -3.56. The number of carbonyl (C=O) groups is 5. The molecule has 4 N–H and O–H groups in total. The minimum atomic E-state index is -1.26. The van der Waals surface area contributed by atoms with Gasteiger partial charge >= 0.3 is 23.9 Å². The van der Waals surface area contributed by atoms with Gasteiger partial charge in [0.15, 0.2) is 5.78 Å². The van der Waals surface area contributed by atoms with Crippen molar-refractivity contribution in [3.8, 4) is 5.75 Å². The first-order valence-corrected chi connectivity index (χ1v) is 14.1. The zero-order valence-corrected chi connectivity index (χ0v) is 23.6. The first-order chi connectivity index (χ1) is 20.0. The van der Waals surface area contributed by atoms with E-state index in [-0.39, 0.29) is 5.92 Å². The second-order valence-corrected chi connectivity index (χ2v) is 10.2. The molecule has 42 heavy (non-hydrogen) atoms. The number of Topliss-reactive ketones (excluding diaryl/α,β-unsaturated/α-hetero) is 1. The van der Waals surface area contributed by atoms with E-state index >= 15 is 0 Å². The van der Waals surface area contributed by atoms with Crippen LogP contribution in [0.2, 0.25) is 0 Å². The summed E-state index contributed by atoms with van der Waals surface area (Å²) in [7, 11) is 0. The number of piperidine rings is 1. The molecule has 2 heterocycles. The highest BCUT2D eigenvalue weighted by molar-refractivity contribution is 5.99. The van der Waals surface area contributed by atoms with Crippen LogP contribution in [-0.2, 0) is 19.2 Å². The number of nitrogens with zero attached hydrogens (tertiary/aromatic N) is 2. The van der Waals surface area contributed by atoms with Crippen molar-refractivity contribution < 1.29 is 49.1 Å². The highest BCUT2D eigenvalue weighted by Gasteiger charge is 2.30. The summed E-state index contributed by atoms with van der Waals surface area (Å²) in [4.78, 5) is 55.6. The number of rotatable bonds is 12. The maximum atomic E-state index is 12.0. The van der Waals surface area contributed by atoms with Crippen molar-refractivity contribution in [1.82, 2.24) is 9.80 Å². The smallest absolute Gasteiger partial charge is 0.328 e. The molecule has 0 bridgehead atoms. The Morgan fingerprint density at radius 1 is 0.738 bits per heavy atom. The van der Waals surface area contributed by atoms with Crippen molar-refractivity contribution in [2.45, 2.75) is 51.0 Å². The van der Waals surface area contributed by atoms with Crippen LogP contribution >= 0.6 is 0 Å². The Hall–Kier alpha value is -4.03. The third-order valence-electron chi connectivity index (χ3n) is 6.88. The summed E-state index contributed by atoms with van der Waals surface area (Å²) in [6, 6.07) is 8.53. The largest absolute Gasteiger partial charge is 0.494 e. The van der Waals surface area contributed by atoms with Gasteiger partial charge in [0, 0.05) is 61.5 Å². The number of benzene rings is 1. The van der Waals surface area contributed by atoms with E-state index in [0.29, 0.717) is 30.1 Å². The van der Waals surface area contributed by atoms with Crippen molar-refractivity contribution in [2.75, 3.05) is 39.3 Å². The fourth-order valence-corrected chi connectivity index (χ4v) is 4.63. The highest BCUT2D eigenvalue weighted by Crippen LogP contribution is 2.32. The molecule has 1 aliphatic carbocycles. The molecule has 1 unspecified atom stereocenters. The minimum Gasteiger partial charge on any atom is -0.494 e. The van der Waals surface area contributed by atoms with E-state index in [1.54, 1.807) is 0 Å². The van der Waals surface area contributed by atoms with Crippen molar-refractivity contribution in [2.24, 2.45) is 5.92 Å². The average molecular weight is 589 g/mol. The lowest BCUT2D eigenvalue weighted by atomic mass is 9.99. The number of carboxylic acid groups (broad SMARTS) is 4. The number of ether oxygens (including phenoxy) is 1. The van der Waals surface area contributed by atoms with Crippen LogP contribution in [0.15, 0.2) is 48.6 Å². The molecule has 1 aromatic carbocycles. The molecular formula is C30H40N2O10. The molecule has 4 rings (SSSR count). The molecule has 0 amide bonds. The molecule has 12 heteroatoms. The summed E-state index contributed by atoms with van der Waals surface area (Å²) >= 11 is 0. The Kier molecular flexibility index (Phi) is 15.0. The van der Waals surface area contributed by atoms with Crippen LogP contribution in [0, 0.1) is 5.92 Å². The van der Waals surface area contributed by atoms with Gasteiger partial charge in [-0.1, -0.05) is 6.42 Å². The van der Waals surface area contributed by atoms with E-state index in [2.05, 4.69) is 9.80 Å². The molecule has 2 aliphatic heterocycles. The lowest BCUT2D eigenvalue weighted by molar-refractivity contribution is -0.134. The Bertz CT molecular complexity index is 1050. The number of fused-ring (bicyclic) bond motifs is 1.